The molecule has 0 saturated heterocycles. The van der Waals surface area contributed by atoms with Crippen LogP contribution < -0.4 is 5.73 Å². The Morgan fingerprint density at radius 1 is 1.33 bits per heavy atom. The highest BCUT2D eigenvalue weighted by molar-refractivity contribution is 5.81. The number of hydrogen-bond donors (Lipinski definition) is 1. The summed E-state index contributed by atoms with van der Waals surface area (Å²) >= 11 is 0. The summed E-state index contributed by atoms with van der Waals surface area (Å²) in [6, 6.07) is 0.543. The predicted molar refractivity (Wildman–Crippen MR) is 74.7 cm³/mol. The normalized spacial score (nSPS) is 32.2. The van der Waals surface area contributed by atoms with Crippen LogP contribution in [0.4, 0.5) is 0 Å². The molecule has 2 rings (SSSR count). The lowest BCUT2D eigenvalue weighted by Crippen LogP contribution is -2.60. The molecule has 2 unspecified atom stereocenters. The van der Waals surface area contributed by atoms with Crippen LogP contribution in [0.5, 0.6) is 0 Å². The van der Waals surface area contributed by atoms with Crippen molar-refractivity contribution >= 4 is 5.96 Å². The molecule has 0 radical (unpaired) electrons. The van der Waals surface area contributed by atoms with Gasteiger partial charge in [-0.25, -0.2) is 0 Å². The van der Waals surface area contributed by atoms with Gasteiger partial charge in [0.25, 0.3) is 0 Å². The number of hydrogen-bond acceptors (Lipinski definition) is 4. The van der Waals surface area contributed by atoms with Crippen molar-refractivity contribution in [1.29, 1.82) is 0 Å². The van der Waals surface area contributed by atoms with E-state index in [2.05, 4.69) is 23.7 Å². The molecular weight excluding hydrogens is 226 g/mol. The van der Waals surface area contributed by atoms with E-state index in [1.807, 2.05) is 0 Å². The minimum atomic E-state index is -0.0756. The van der Waals surface area contributed by atoms with Gasteiger partial charge in [0.05, 0.1) is 18.2 Å². The molecule has 1 saturated carbocycles. The van der Waals surface area contributed by atoms with Crippen molar-refractivity contribution in [2.24, 2.45) is 10.7 Å². The number of nitrogens with two attached hydrogens (primary N) is 1. The highest BCUT2D eigenvalue weighted by atomic mass is 16.5. The molecule has 2 N–H and O–H groups in total. The second kappa shape index (κ2) is 5.47. The zero-order valence-electron chi connectivity index (χ0n) is 12.0. The molecule has 0 aromatic carbocycles. The Morgan fingerprint density at radius 2 is 1.94 bits per heavy atom. The van der Waals surface area contributed by atoms with Gasteiger partial charge in [0, 0.05) is 13.2 Å². The van der Waals surface area contributed by atoms with E-state index >= 15 is 0 Å². The van der Waals surface area contributed by atoms with Gasteiger partial charge in [-0.3, -0.25) is 4.99 Å². The lowest BCUT2D eigenvalue weighted by molar-refractivity contribution is -0.00933. The smallest absolute Gasteiger partial charge is 0.192 e. The van der Waals surface area contributed by atoms with E-state index in [9.17, 15) is 0 Å². The standard InChI is InChI=1S/C14H27N3O/c1-11(18-3)14(2)10-16-13(15)17(14)12-8-6-4-5-7-9-12/h11-12H,4-10H2,1-3H3,(H2,15,16). The maximum atomic E-state index is 6.15. The second-order valence-corrected chi connectivity index (χ2v) is 5.92. The molecule has 1 heterocycles. The van der Waals surface area contributed by atoms with Crippen LogP contribution in [0.3, 0.4) is 0 Å². The molecule has 1 aliphatic carbocycles. The van der Waals surface area contributed by atoms with Crippen molar-refractivity contribution in [3.8, 4) is 0 Å². The first-order chi connectivity index (χ1) is 8.59. The molecule has 2 atom stereocenters. The summed E-state index contributed by atoms with van der Waals surface area (Å²) < 4.78 is 5.57. The van der Waals surface area contributed by atoms with Crippen LogP contribution >= 0.6 is 0 Å². The van der Waals surface area contributed by atoms with Gasteiger partial charge in [0.1, 0.15) is 0 Å². The SMILES string of the molecule is COC(C)C1(C)CN=C(N)N1C1CCCCCC1. The Bertz CT molecular complexity index is 310. The van der Waals surface area contributed by atoms with E-state index in [1.165, 1.54) is 38.5 Å². The van der Waals surface area contributed by atoms with Crippen LogP contribution in [-0.4, -0.2) is 42.2 Å². The van der Waals surface area contributed by atoms with Crippen LogP contribution in [-0.2, 0) is 4.74 Å². The number of methoxy groups -OCH3 is 1. The molecule has 1 aliphatic heterocycles. The Kier molecular flexibility index (Phi) is 4.15. The number of aliphatic imine (C=N–C) groups is 1. The second-order valence-electron chi connectivity index (χ2n) is 5.92. The van der Waals surface area contributed by atoms with E-state index in [0.29, 0.717) is 12.0 Å². The van der Waals surface area contributed by atoms with Crippen LogP contribution in [0.1, 0.15) is 52.4 Å². The van der Waals surface area contributed by atoms with E-state index in [-0.39, 0.29) is 11.6 Å². The van der Waals surface area contributed by atoms with Gasteiger partial charge >= 0.3 is 0 Å². The summed E-state index contributed by atoms with van der Waals surface area (Å²) in [5, 5.41) is 0. The van der Waals surface area contributed by atoms with E-state index < -0.39 is 0 Å². The van der Waals surface area contributed by atoms with E-state index in [1.54, 1.807) is 7.11 Å². The average Bonchev–Trinajstić information content (AvgIpc) is 2.59. The monoisotopic (exact) mass is 253 g/mol. The summed E-state index contributed by atoms with van der Waals surface area (Å²) in [6.45, 7) is 5.11. The average molecular weight is 253 g/mol. The summed E-state index contributed by atoms with van der Waals surface area (Å²) in [7, 11) is 1.77. The molecule has 0 aromatic heterocycles. The highest BCUT2D eigenvalue weighted by Gasteiger charge is 2.45. The molecular formula is C14H27N3O. The Hall–Kier alpha value is -0.770. The van der Waals surface area contributed by atoms with Crippen LogP contribution in [0.25, 0.3) is 0 Å². The topological polar surface area (TPSA) is 50.9 Å². The number of ether oxygens (including phenoxy) is 1. The quantitative estimate of drug-likeness (QED) is 0.784. The fourth-order valence-electron chi connectivity index (χ4n) is 3.35. The van der Waals surface area contributed by atoms with Crippen molar-refractivity contribution in [3.05, 3.63) is 0 Å². The maximum absolute atomic E-state index is 6.15. The highest BCUT2D eigenvalue weighted by Crippen LogP contribution is 2.33. The molecule has 104 valence electrons. The number of guanidine groups is 1. The molecule has 4 heteroatoms. The fourth-order valence-corrected chi connectivity index (χ4v) is 3.35. The third-order valence-corrected chi connectivity index (χ3v) is 4.78. The van der Waals surface area contributed by atoms with Crippen molar-refractivity contribution in [2.75, 3.05) is 13.7 Å². The minimum Gasteiger partial charge on any atom is -0.379 e. The molecule has 2 aliphatic rings. The number of rotatable bonds is 3. The van der Waals surface area contributed by atoms with Gasteiger partial charge in [-0.1, -0.05) is 25.7 Å². The first-order valence-corrected chi connectivity index (χ1v) is 7.21. The van der Waals surface area contributed by atoms with Gasteiger partial charge in [0.2, 0.25) is 0 Å². The van der Waals surface area contributed by atoms with E-state index in [0.717, 1.165) is 6.54 Å². The van der Waals surface area contributed by atoms with Crippen molar-refractivity contribution < 1.29 is 4.74 Å². The molecule has 0 aromatic rings. The minimum absolute atomic E-state index is 0.0756. The third-order valence-electron chi connectivity index (χ3n) is 4.78. The summed E-state index contributed by atoms with van der Waals surface area (Å²) in [5.41, 5.74) is 6.07. The summed E-state index contributed by atoms with van der Waals surface area (Å²) in [6.07, 6.45) is 7.96. The van der Waals surface area contributed by atoms with Crippen molar-refractivity contribution in [2.45, 2.75) is 70.1 Å². The van der Waals surface area contributed by atoms with Gasteiger partial charge in [-0.05, 0) is 26.7 Å². The van der Waals surface area contributed by atoms with Crippen molar-refractivity contribution in [3.63, 3.8) is 0 Å². The van der Waals surface area contributed by atoms with Crippen LogP contribution in [0.2, 0.25) is 0 Å². The Balaban J connectivity index is 2.18. The zero-order valence-corrected chi connectivity index (χ0v) is 12.0. The van der Waals surface area contributed by atoms with Crippen molar-refractivity contribution in [1.82, 2.24) is 4.90 Å². The van der Waals surface area contributed by atoms with Gasteiger partial charge in [-0.2, -0.15) is 0 Å². The molecule has 18 heavy (non-hydrogen) atoms. The van der Waals surface area contributed by atoms with E-state index in [4.69, 9.17) is 10.5 Å². The molecule has 1 fully saturated rings. The third kappa shape index (κ3) is 2.35. The Morgan fingerprint density at radius 3 is 2.50 bits per heavy atom. The predicted octanol–water partition coefficient (Wildman–Crippen LogP) is 2.13. The first-order valence-electron chi connectivity index (χ1n) is 7.21. The molecule has 4 nitrogen and oxygen atoms in total. The molecule has 0 amide bonds. The van der Waals surface area contributed by atoms with Gasteiger partial charge in [-0.15, -0.1) is 0 Å². The molecule has 0 bridgehead atoms. The van der Waals surface area contributed by atoms with Crippen LogP contribution in [0.15, 0.2) is 4.99 Å². The Labute approximate surface area is 111 Å². The summed E-state index contributed by atoms with van der Waals surface area (Å²) in [5.74, 6) is 0.716. The van der Waals surface area contributed by atoms with Gasteiger partial charge in [0.15, 0.2) is 5.96 Å². The lowest BCUT2D eigenvalue weighted by Gasteiger charge is -2.44. The first kappa shape index (κ1) is 13.7. The largest absolute Gasteiger partial charge is 0.379 e. The summed E-state index contributed by atoms with van der Waals surface area (Å²) in [4.78, 5) is 6.84. The lowest BCUT2D eigenvalue weighted by atomic mass is 9.91. The van der Waals surface area contributed by atoms with Gasteiger partial charge < -0.3 is 15.4 Å². The fraction of sp³-hybridized carbons (Fsp3) is 0.929. The van der Waals surface area contributed by atoms with Crippen LogP contribution in [0, 0.1) is 0 Å². The maximum Gasteiger partial charge on any atom is 0.192 e. The number of nitrogens with zero attached hydrogens (tertiary/aromatic N) is 2. The molecule has 0 spiro atoms. The zero-order chi connectivity index (χ0) is 13.2.